The minimum Gasteiger partial charge on any atom is -0.360 e. The predicted octanol–water partition coefficient (Wildman–Crippen LogP) is 0.0391. The molecule has 7 nitrogen and oxygen atoms in total. The van der Waals surface area contributed by atoms with Gasteiger partial charge in [-0.25, -0.2) is 0 Å². The van der Waals surface area contributed by atoms with Gasteiger partial charge < -0.3 is 9.42 Å². The SMILES string of the molecule is CC1C(=O)NC(=O)CN1C(=O)c1cc(C2CC2)on1. The summed E-state index contributed by atoms with van der Waals surface area (Å²) >= 11 is 0. The first-order valence-electron chi connectivity index (χ1n) is 6.17. The van der Waals surface area contributed by atoms with Crippen LogP contribution in [0.2, 0.25) is 0 Å². The third-order valence-electron chi connectivity index (χ3n) is 3.41. The largest absolute Gasteiger partial charge is 0.360 e. The number of aromatic nitrogens is 1. The van der Waals surface area contributed by atoms with Crippen LogP contribution in [-0.2, 0) is 9.59 Å². The normalized spacial score (nSPS) is 23.4. The Morgan fingerprint density at radius 1 is 1.47 bits per heavy atom. The van der Waals surface area contributed by atoms with Crippen LogP contribution in [0.15, 0.2) is 10.6 Å². The van der Waals surface area contributed by atoms with E-state index in [4.69, 9.17) is 4.52 Å². The van der Waals surface area contributed by atoms with Crippen molar-refractivity contribution in [1.82, 2.24) is 15.4 Å². The fraction of sp³-hybridized carbons (Fsp3) is 0.500. The number of hydrogen-bond donors (Lipinski definition) is 1. The molecular formula is C12H13N3O4. The summed E-state index contributed by atoms with van der Waals surface area (Å²) in [5.41, 5.74) is 0.149. The first-order valence-corrected chi connectivity index (χ1v) is 6.17. The fourth-order valence-electron chi connectivity index (χ4n) is 2.06. The van der Waals surface area contributed by atoms with Gasteiger partial charge in [-0.2, -0.15) is 0 Å². The standard InChI is InChI=1S/C12H13N3O4/c1-6-11(17)13-10(16)5-15(6)12(18)8-4-9(19-14-8)7-2-3-7/h4,6-7H,2-3,5H2,1H3,(H,13,16,17). The topological polar surface area (TPSA) is 92.5 Å². The van der Waals surface area contributed by atoms with E-state index in [-0.39, 0.29) is 12.2 Å². The van der Waals surface area contributed by atoms with E-state index >= 15 is 0 Å². The summed E-state index contributed by atoms with van der Waals surface area (Å²) in [4.78, 5) is 36.3. The monoisotopic (exact) mass is 263 g/mol. The first-order chi connectivity index (χ1) is 9.06. The van der Waals surface area contributed by atoms with Gasteiger partial charge in [0, 0.05) is 12.0 Å². The zero-order valence-corrected chi connectivity index (χ0v) is 10.4. The summed E-state index contributed by atoms with van der Waals surface area (Å²) in [7, 11) is 0. The summed E-state index contributed by atoms with van der Waals surface area (Å²) < 4.78 is 5.11. The summed E-state index contributed by atoms with van der Waals surface area (Å²) in [5, 5.41) is 5.91. The lowest BCUT2D eigenvalue weighted by Gasteiger charge is -2.30. The van der Waals surface area contributed by atoms with Gasteiger partial charge in [0.1, 0.15) is 18.3 Å². The molecule has 0 aromatic carbocycles. The Hall–Kier alpha value is -2.18. The van der Waals surface area contributed by atoms with Gasteiger partial charge in [-0.15, -0.1) is 0 Å². The van der Waals surface area contributed by atoms with Gasteiger partial charge in [-0.1, -0.05) is 5.16 Å². The van der Waals surface area contributed by atoms with Crippen molar-refractivity contribution < 1.29 is 18.9 Å². The molecule has 100 valence electrons. The van der Waals surface area contributed by atoms with Crippen molar-refractivity contribution >= 4 is 17.7 Å². The van der Waals surface area contributed by atoms with Crippen LogP contribution >= 0.6 is 0 Å². The average molecular weight is 263 g/mol. The lowest BCUT2D eigenvalue weighted by Crippen LogP contribution is -2.58. The molecule has 1 saturated heterocycles. The zero-order valence-electron chi connectivity index (χ0n) is 10.4. The molecule has 0 bridgehead atoms. The number of carbonyl (C=O) groups is 3. The highest BCUT2D eigenvalue weighted by Crippen LogP contribution is 2.40. The Labute approximate surface area is 108 Å². The summed E-state index contributed by atoms with van der Waals surface area (Å²) in [6, 6.07) is 0.912. The summed E-state index contributed by atoms with van der Waals surface area (Å²) in [6.07, 6.45) is 2.09. The molecule has 0 radical (unpaired) electrons. The predicted molar refractivity (Wildman–Crippen MR) is 62.1 cm³/mol. The Morgan fingerprint density at radius 2 is 2.21 bits per heavy atom. The molecule has 2 fully saturated rings. The van der Waals surface area contributed by atoms with Gasteiger partial charge in [0.25, 0.3) is 5.91 Å². The Balaban J connectivity index is 1.81. The van der Waals surface area contributed by atoms with Crippen molar-refractivity contribution in [3.63, 3.8) is 0 Å². The van der Waals surface area contributed by atoms with Crippen LogP contribution in [-0.4, -0.2) is 40.4 Å². The number of rotatable bonds is 2. The number of imide groups is 1. The van der Waals surface area contributed by atoms with Crippen LogP contribution in [0.25, 0.3) is 0 Å². The molecule has 3 amide bonds. The molecule has 1 aromatic heterocycles. The van der Waals surface area contributed by atoms with Crippen LogP contribution in [0.4, 0.5) is 0 Å². The highest BCUT2D eigenvalue weighted by Gasteiger charge is 2.36. The lowest BCUT2D eigenvalue weighted by atomic mass is 10.1. The lowest BCUT2D eigenvalue weighted by molar-refractivity contribution is -0.138. The molecule has 1 N–H and O–H groups in total. The third-order valence-corrected chi connectivity index (χ3v) is 3.41. The minimum atomic E-state index is -0.689. The second kappa shape index (κ2) is 4.18. The van der Waals surface area contributed by atoms with Crippen LogP contribution < -0.4 is 5.32 Å². The van der Waals surface area contributed by atoms with Crippen molar-refractivity contribution in [2.24, 2.45) is 0 Å². The molecular weight excluding hydrogens is 250 g/mol. The van der Waals surface area contributed by atoms with E-state index in [1.54, 1.807) is 13.0 Å². The number of amides is 3. The Bertz CT molecular complexity index is 561. The van der Waals surface area contributed by atoms with Gasteiger partial charge in [0.15, 0.2) is 5.69 Å². The van der Waals surface area contributed by atoms with E-state index in [0.717, 1.165) is 12.8 Å². The first kappa shape index (κ1) is 11.9. The maximum atomic E-state index is 12.2. The van der Waals surface area contributed by atoms with E-state index in [0.29, 0.717) is 11.7 Å². The van der Waals surface area contributed by atoms with E-state index in [1.165, 1.54) is 4.90 Å². The summed E-state index contributed by atoms with van der Waals surface area (Å²) in [5.74, 6) is -0.356. The van der Waals surface area contributed by atoms with E-state index in [1.807, 2.05) is 0 Å². The molecule has 19 heavy (non-hydrogen) atoms. The molecule has 2 heterocycles. The van der Waals surface area contributed by atoms with Crippen molar-refractivity contribution in [3.05, 3.63) is 17.5 Å². The van der Waals surface area contributed by atoms with E-state index in [9.17, 15) is 14.4 Å². The molecule has 0 spiro atoms. The van der Waals surface area contributed by atoms with E-state index in [2.05, 4.69) is 10.5 Å². The maximum Gasteiger partial charge on any atom is 0.277 e. The second-order valence-corrected chi connectivity index (χ2v) is 4.91. The second-order valence-electron chi connectivity index (χ2n) is 4.91. The van der Waals surface area contributed by atoms with Crippen molar-refractivity contribution in [2.45, 2.75) is 31.7 Å². The molecule has 1 saturated carbocycles. The van der Waals surface area contributed by atoms with Gasteiger partial charge >= 0.3 is 0 Å². The van der Waals surface area contributed by atoms with E-state index < -0.39 is 23.8 Å². The van der Waals surface area contributed by atoms with Gasteiger partial charge in [-0.3, -0.25) is 19.7 Å². The number of piperazine rings is 1. The van der Waals surface area contributed by atoms with Crippen LogP contribution in [0.3, 0.4) is 0 Å². The highest BCUT2D eigenvalue weighted by atomic mass is 16.5. The number of nitrogens with one attached hydrogen (secondary N) is 1. The number of nitrogens with zero attached hydrogens (tertiary/aromatic N) is 2. The third kappa shape index (κ3) is 2.11. The van der Waals surface area contributed by atoms with Crippen molar-refractivity contribution in [2.75, 3.05) is 6.54 Å². The number of hydrogen-bond acceptors (Lipinski definition) is 5. The average Bonchev–Trinajstić information content (AvgIpc) is 3.11. The molecule has 1 atom stereocenters. The molecule has 3 rings (SSSR count). The highest BCUT2D eigenvalue weighted by molar-refractivity contribution is 6.06. The van der Waals surface area contributed by atoms with Crippen LogP contribution in [0.5, 0.6) is 0 Å². The van der Waals surface area contributed by atoms with Crippen molar-refractivity contribution in [3.8, 4) is 0 Å². The Morgan fingerprint density at radius 3 is 2.89 bits per heavy atom. The molecule has 1 aliphatic carbocycles. The van der Waals surface area contributed by atoms with Gasteiger partial charge in [0.05, 0.1) is 0 Å². The van der Waals surface area contributed by atoms with Crippen LogP contribution in [0, 0.1) is 0 Å². The van der Waals surface area contributed by atoms with Gasteiger partial charge in [0.2, 0.25) is 11.8 Å². The molecule has 1 aliphatic heterocycles. The Kier molecular flexibility index (Phi) is 2.62. The quantitative estimate of drug-likeness (QED) is 0.760. The van der Waals surface area contributed by atoms with Crippen molar-refractivity contribution in [1.29, 1.82) is 0 Å². The van der Waals surface area contributed by atoms with Crippen LogP contribution in [0.1, 0.15) is 41.9 Å². The molecule has 1 aromatic rings. The molecule has 1 unspecified atom stereocenters. The maximum absolute atomic E-state index is 12.2. The fourth-order valence-corrected chi connectivity index (χ4v) is 2.06. The number of carbonyl (C=O) groups excluding carboxylic acids is 3. The summed E-state index contributed by atoms with van der Waals surface area (Å²) in [6.45, 7) is 1.43. The van der Waals surface area contributed by atoms with Gasteiger partial charge in [-0.05, 0) is 19.8 Å². The smallest absolute Gasteiger partial charge is 0.277 e. The zero-order chi connectivity index (χ0) is 13.6. The molecule has 7 heteroatoms. The minimum absolute atomic E-state index is 0.142. The molecule has 2 aliphatic rings.